The number of hydrogen-bond donors (Lipinski definition) is 0. The van der Waals surface area contributed by atoms with E-state index in [1.54, 1.807) is 18.2 Å². The van der Waals surface area contributed by atoms with Crippen LogP contribution in [0.5, 0.6) is 5.88 Å². The van der Waals surface area contributed by atoms with Gasteiger partial charge in [-0.25, -0.2) is 9.78 Å². The van der Waals surface area contributed by atoms with Crippen LogP contribution in [0.3, 0.4) is 0 Å². The lowest BCUT2D eigenvalue weighted by atomic mass is 9.96. The first-order valence-electron chi connectivity index (χ1n) is 10.5. The maximum Gasteiger partial charge on any atom is 0.339 e. The van der Waals surface area contributed by atoms with Gasteiger partial charge < -0.3 is 9.47 Å². The molecule has 2 aromatic carbocycles. The van der Waals surface area contributed by atoms with E-state index in [-0.39, 0.29) is 12.3 Å². The molecule has 3 rings (SSSR count). The Labute approximate surface area is 188 Å². The largest absolute Gasteiger partial charge is 0.481 e. The van der Waals surface area contributed by atoms with E-state index < -0.39 is 5.97 Å². The summed E-state index contributed by atoms with van der Waals surface area (Å²) in [5.74, 6) is 0.411. The molecule has 0 bridgehead atoms. The normalized spacial score (nSPS) is 11.0. The topological polar surface area (TPSA) is 65.5 Å². The zero-order valence-corrected chi connectivity index (χ0v) is 18.6. The van der Waals surface area contributed by atoms with Crippen molar-refractivity contribution < 1.29 is 19.1 Å². The summed E-state index contributed by atoms with van der Waals surface area (Å²) in [6, 6.07) is 18.4. The van der Waals surface area contributed by atoms with Crippen LogP contribution in [0.25, 0.3) is 17.2 Å². The Hall–Kier alpha value is -3.73. The lowest BCUT2D eigenvalue weighted by Gasteiger charge is -2.13. The summed E-state index contributed by atoms with van der Waals surface area (Å²) in [5.41, 5.74) is 3.49. The molecular weight excluding hydrogens is 402 g/mol. The molecule has 0 spiro atoms. The number of methoxy groups -OCH3 is 1. The smallest absolute Gasteiger partial charge is 0.339 e. The molecule has 3 aromatic rings. The van der Waals surface area contributed by atoms with Crippen LogP contribution in [0.1, 0.15) is 52.2 Å². The van der Waals surface area contributed by atoms with Crippen molar-refractivity contribution >= 4 is 18.3 Å². The molecule has 0 atom stereocenters. The van der Waals surface area contributed by atoms with E-state index in [0.717, 1.165) is 17.5 Å². The van der Waals surface area contributed by atoms with Crippen LogP contribution >= 0.6 is 0 Å². The lowest BCUT2D eigenvalue weighted by molar-refractivity contribution is 0.0473. The van der Waals surface area contributed by atoms with Crippen molar-refractivity contribution in [1.29, 1.82) is 0 Å². The SMILES string of the molecule is COc1ccc(-c2ccc(/C=C\CC(C)C)cc2C(=O)OCc2ccccc2)c(C=O)n1. The van der Waals surface area contributed by atoms with Gasteiger partial charge in [0.25, 0.3) is 0 Å². The van der Waals surface area contributed by atoms with Gasteiger partial charge in [-0.1, -0.05) is 68.5 Å². The summed E-state index contributed by atoms with van der Waals surface area (Å²) in [7, 11) is 1.49. The highest BCUT2D eigenvalue weighted by atomic mass is 16.5. The Morgan fingerprint density at radius 1 is 1.03 bits per heavy atom. The van der Waals surface area contributed by atoms with Crippen LogP contribution in [0.15, 0.2) is 66.7 Å². The number of rotatable bonds is 9. The maximum atomic E-state index is 13.1. The number of hydrogen-bond acceptors (Lipinski definition) is 5. The summed E-state index contributed by atoms with van der Waals surface area (Å²) < 4.78 is 10.7. The fraction of sp³-hybridized carbons (Fsp3) is 0.222. The van der Waals surface area contributed by atoms with E-state index in [0.29, 0.717) is 34.8 Å². The summed E-state index contributed by atoms with van der Waals surface area (Å²) in [4.78, 5) is 29.0. The Morgan fingerprint density at radius 2 is 1.78 bits per heavy atom. The number of aromatic nitrogens is 1. The fourth-order valence-corrected chi connectivity index (χ4v) is 3.23. The number of nitrogens with zero attached hydrogens (tertiary/aromatic N) is 1. The van der Waals surface area contributed by atoms with Gasteiger partial charge in [-0.05, 0) is 41.2 Å². The maximum absolute atomic E-state index is 13.1. The number of ether oxygens (including phenoxy) is 2. The number of carbonyl (C=O) groups excluding carboxylic acids is 2. The molecular formula is C27H27NO4. The van der Waals surface area contributed by atoms with E-state index in [1.165, 1.54) is 7.11 Å². The highest BCUT2D eigenvalue weighted by molar-refractivity contribution is 6.00. The number of pyridine rings is 1. The monoisotopic (exact) mass is 429 g/mol. The van der Waals surface area contributed by atoms with Crippen LogP contribution in [-0.4, -0.2) is 24.3 Å². The highest BCUT2D eigenvalue weighted by Gasteiger charge is 2.18. The summed E-state index contributed by atoms with van der Waals surface area (Å²) in [5, 5.41) is 0. The number of aldehydes is 1. The molecule has 0 N–H and O–H groups in total. The summed E-state index contributed by atoms with van der Waals surface area (Å²) in [6.45, 7) is 4.46. The third-order valence-corrected chi connectivity index (χ3v) is 4.90. The summed E-state index contributed by atoms with van der Waals surface area (Å²) >= 11 is 0. The van der Waals surface area contributed by atoms with Gasteiger partial charge in [0.2, 0.25) is 5.88 Å². The second-order valence-electron chi connectivity index (χ2n) is 7.80. The van der Waals surface area contributed by atoms with Gasteiger partial charge in [-0.15, -0.1) is 0 Å². The van der Waals surface area contributed by atoms with Gasteiger partial charge in [-0.2, -0.15) is 0 Å². The van der Waals surface area contributed by atoms with Crippen LogP contribution in [-0.2, 0) is 11.3 Å². The van der Waals surface area contributed by atoms with E-state index >= 15 is 0 Å². The van der Waals surface area contributed by atoms with Crippen molar-refractivity contribution in [2.45, 2.75) is 26.9 Å². The molecule has 0 saturated heterocycles. The molecule has 0 saturated carbocycles. The van der Waals surface area contributed by atoms with E-state index in [4.69, 9.17) is 9.47 Å². The molecule has 0 aliphatic carbocycles. The third-order valence-electron chi connectivity index (χ3n) is 4.90. The number of allylic oxidation sites excluding steroid dienone is 1. The van der Waals surface area contributed by atoms with Gasteiger partial charge in [0.15, 0.2) is 6.29 Å². The molecule has 0 fully saturated rings. The second-order valence-corrected chi connectivity index (χ2v) is 7.80. The molecule has 0 radical (unpaired) electrons. The standard InChI is InChI=1S/C27H27NO4/c1-19(2)8-7-11-20-12-13-22(23-14-15-26(31-3)28-25(23)17-29)24(16-20)27(30)32-18-21-9-5-4-6-10-21/h4-7,9-17,19H,8,18H2,1-3H3/b11-7-. The van der Waals surface area contributed by atoms with Crippen molar-refractivity contribution in [2.75, 3.05) is 7.11 Å². The quantitative estimate of drug-likeness (QED) is 0.309. The van der Waals surface area contributed by atoms with Crippen LogP contribution in [0, 0.1) is 5.92 Å². The molecule has 1 aromatic heterocycles. The van der Waals surface area contributed by atoms with Crippen molar-refractivity contribution in [2.24, 2.45) is 5.92 Å². The zero-order valence-electron chi connectivity index (χ0n) is 18.6. The Bertz CT molecular complexity index is 1100. The average molecular weight is 430 g/mol. The first-order chi connectivity index (χ1) is 15.5. The lowest BCUT2D eigenvalue weighted by Crippen LogP contribution is -2.08. The van der Waals surface area contributed by atoms with E-state index in [1.807, 2.05) is 48.5 Å². The zero-order chi connectivity index (χ0) is 22.9. The highest BCUT2D eigenvalue weighted by Crippen LogP contribution is 2.29. The Kier molecular flexibility index (Phi) is 7.92. The van der Waals surface area contributed by atoms with Crippen LogP contribution in [0.4, 0.5) is 0 Å². The molecule has 0 amide bonds. The average Bonchev–Trinajstić information content (AvgIpc) is 2.82. The minimum absolute atomic E-state index is 0.161. The van der Waals surface area contributed by atoms with Gasteiger partial charge in [0.05, 0.1) is 12.7 Å². The van der Waals surface area contributed by atoms with Gasteiger partial charge in [0, 0.05) is 11.6 Å². The predicted octanol–water partition coefficient (Wildman–Crippen LogP) is 5.99. The molecule has 5 nitrogen and oxygen atoms in total. The first-order valence-corrected chi connectivity index (χ1v) is 10.5. The molecule has 1 heterocycles. The van der Waals surface area contributed by atoms with Crippen molar-refractivity contribution in [3.63, 3.8) is 0 Å². The first kappa shape index (κ1) is 22.9. The van der Waals surface area contributed by atoms with E-state index in [2.05, 4.69) is 24.9 Å². The number of benzene rings is 2. The predicted molar refractivity (Wildman–Crippen MR) is 126 cm³/mol. The van der Waals surface area contributed by atoms with Crippen LogP contribution in [0.2, 0.25) is 0 Å². The van der Waals surface area contributed by atoms with Crippen LogP contribution < -0.4 is 4.74 Å². The fourth-order valence-electron chi connectivity index (χ4n) is 3.23. The number of esters is 1. The minimum atomic E-state index is -0.462. The van der Waals surface area contributed by atoms with Crippen molar-refractivity contribution in [3.05, 3.63) is 89.1 Å². The summed E-state index contributed by atoms with van der Waals surface area (Å²) in [6.07, 6.45) is 5.68. The van der Waals surface area contributed by atoms with Gasteiger partial charge >= 0.3 is 5.97 Å². The van der Waals surface area contributed by atoms with E-state index in [9.17, 15) is 9.59 Å². The van der Waals surface area contributed by atoms with Gasteiger partial charge in [-0.3, -0.25) is 4.79 Å². The van der Waals surface area contributed by atoms with Crippen molar-refractivity contribution in [1.82, 2.24) is 4.98 Å². The molecule has 5 heteroatoms. The Morgan fingerprint density at radius 3 is 2.47 bits per heavy atom. The molecule has 0 aliphatic rings. The molecule has 0 unspecified atom stereocenters. The van der Waals surface area contributed by atoms with Gasteiger partial charge in [0.1, 0.15) is 12.3 Å². The number of carbonyl (C=O) groups is 2. The molecule has 32 heavy (non-hydrogen) atoms. The Balaban J connectivity index is 1.99. The minimum Gasteiger partial charge on any atom is -0.481 e. The second kappa shape index (κ2) is 11.0. The third kappa shape index (κ3) is 5.91. The molecule has 164 valence electrons. The van der Waals surface area contributed by atoms with Crippen molar-refractivity contribution in [3.8, 4) is 17.0 Å². The molecule has 0 aliphatic heterocycles.